The number of hydroxylamine groups is 1. The van der Waals surface area contributed by atoms with Crippen LogP contribution in [0, 0.1) is 0 Å². The molecule has 4 N–H and O–H groups in total. The minimum Gasteiger partial charge on any atom is -0.546 e. The molecule has 1 aromatic rings. The minimum absolute atomic E-state index is 0.0745. The molecule has 0 aliphatic carbocycles. The molecule has 0 unspecified atom stereocenters. The zero-order valence-corrected chi connectivity index (χ0v) is 13.5. The largest absolute Gasteiger partial charge is 0.546 e. The van der Waals surface area contributed by atoms with Crippen LogP contribution in [0.15, 0.2) is 10.5 Å². The molecule has 130 valence electrons. The number of aliphatic carboxylic acids is 1. The van der Waals surface area contributed by atoms with Gasteiger partial charge in [0.25, 0.3) is 5.91 Å². The van der Waals surface area contributed by atoms with Gasteiger partial charge in [-0.3, -0.25) is 4.79 Å². The van der Waals surface area contributed by atoms with Crippen molar-refractivity contribution in [3.8, 4) is 0 Å². The number of nitrogens with two attached hydrogens (primary N) is 1. The summed E-state index contributed by atoms with van der Waals surface area (Å²) in [6.07, 6.45) is 0. The van der Waals surface area contributed by atoms with Crippen LogP contribution in [-0.4, -0.2) is 46.7 Å². The third-order valence-electron chi connectivity index (χ3n) is 2.97. The van der Waals surface area contributed by atoms with E-state index in [1.165, 1.54) is 5.38 Å². The van der Waals surface area contributed by atoms with E-state index in [0.717, 1.165) is 11.3 Å². The number of thiazole rings is 1. The van der Waals surface area contributed by atoms with Gasteiger partial charge in [0, 0.05) is 5.38 Å². The number of carbonyl (C=O) groups excluding carboxylic acids is 3. The molecule has 2 rings (SSSR count). The Labute approximate surface area is 139 Å². The number of aromatic nitrogens is 1. The Morgan fingerprint density at radius 1 is 1.62 bits per heavy atom. The molecule has 12 heteroatoms. The highest BCUT2D eigenvalue weighted by Crippen LogP contribution is 2.18. The monoisotopic (exact) mass is 356 g/mol. The van der Waals surface area contributed by atoms with Crippen LogP contribution in [0.5, 0.6) is 0 Å². The Hall–Kier alpha value is -2.73. The van der Waals surface area contributed by atoms with Gasteiger partial charge in [-0.05, 0) is 13.8 Å². The zero-order valence-electron chi connectivity index (χ0n) is 12.7. The number of carboxylic acid groups (broad SMARTS) is 1. The van der Waals surface area contributed by atoms with Crippen molar-refractivity contribution in [2.75, 3.05) is 12.3 Å². The highest BCUT2D eigenvalue weighted by molar-refractivity contribution is 7.13. The molecule has 0 aromatic carbocycles. The number of hydrogen-bond acceptors (Lipinski definition) is 11. The van der Waals surface area contributed by atoms with Gasteiger partial charge < -0.3 is 30.6 Å². The molecule has 1 amide bonds. The molecule has 1 aromatic heterocycles. The molecule has 1 atom stereocenters. The van der Waals surface area contributed by atoms with Crippen LogP contribution < -0.4 is 21.6 Å². The van der Waals surface area contributed by atoms with Gasteiger partial charge in [-0.1, -0.05) is 5.16 Å². The molecule has 1 saturated heterocycles. The molecule has 1 aliphatic rings. The first-order valence-corrected chi connectivity index (χ1v) is 7.48. The number of carbonyl (C=O) groups is 3. The fraction of sp³-hybridized carbons (Fsp3) is 0.417. The summed E-state index contributed by atoms with van der Waals surface area (Å²) in [6.45, 7) is 2.44. The van der Waals surface area contributed by atoms with E-state index < -0.39 is 36.0 Å². The summed E-state index contributed by atoms with van der Waals surface area (Å²) >= 11 is 1.05. The van der Waals surface area contributed by atoms with Crippen molar-refractivity contribution in [3.05, 3.63) is 11.1 Å². The molecule has 1 fully saturated rings. The molecule has 24 heavy (non-hydrogen) atoms. The fourth-order valence-electron chi connectivity index (χ4n) is 1.78. The van der Waals surface area contributed by atoms with Gasteiger partial charge in [0.15, 0.2) is 17.5 Å². The van der Waals surface area contributed by atoms with E-state index in [1.807, 2.05) is 0 Å². The van der Waals surface area contributed by atoms with E-state index in [-0.39, 0.29) is 16.5 Å². The summed E-state index contributed by atoms with van der Waals surface area (Å²) in [7, 11) is 0. The van der Waals surface area contributed by atoms with Gasteiger partial charge in [-0.15, -0.1) is 16.8 Å². The third-order valence-corrected chi connectivity index (χ3v) is 3.64. The van der Waals surface area contributed by atoms with Gasteiger partial charge in [0.2, 0.25) is 0 Å². The number of carboxylic acids is 1. The third kappa shape index (κ3) is 3.97. The molecular formula is C12H14N5O6S-. The average molecular weight is 356 g/mol. The van der Waals surface area contributed by atoms with Crippen LogP contribution >= 0.6 is 11.3 Å². The molecular weight excluding hydrogens is 342 g/mol. The number of nitrogen functional groups attached to an aromatic ring is 1. The topological polar surface area (TPSA) is 168 Å². The maximum absolute atomic E-state index is 12.4. The predicted octanol–water partition coefficient (Wildman–Crippen LogP) is -2.48. The lowest BCUT2D eigenvalue weighted by Gasteiger charge is -2.22. The van der Waals surface area contributed by atoms with Crippen LogP contribution in [0.1, 0.15) is 19.5 Å². The molecule has 11 nitrogen and oxygen atoms in total. The normalized spacial score (nSPS) is 19.7. The van der Waals surface area contributed by atoms with Crippen LogP contribution in [0.3, 0.4) is 0 Å². The molecule has 0 saturated carbocycles. The number of rotatable bonds is 6. The quantitative estimate of drug-likeness (QED) is 0.369. The lowest BCUT2D eigenvalue weighted by molar-refractivity contribution is -0.309. The van der Waals surface area contributed by atoms with Crippen LogP contribution in [0.2, 0.25) is 0 Å². The van der Waals surface area contributed by atoms with Crippen molar-refractivity contribution in [1.82, 2.24) is 15.8 Å². The zero-order chi connectivity index (χ0) is 17.9. The first-order chi connectivity index (χ1) is 11.2. The van der Waals surface area contributed by atoms with Gasteiger partial charge in [-0.2, -0.15) is 0 Å². The summed E-state index contributed by atoms with van der Waals surface area (Å²) in [5.41, 5.74) is 6.89. The van der Waals surface area contributed by atoms with Crippen LogP contribution in [-0.2, 0) is 24.1 Å². The predicted molar refractivity (Wildman–Crippen MR) is 79.3 cm³/mol. The fourth-order valence-corrected chi connectivity index (χ4v) is 2.33. The molecule has 0 spiro atoms. The Bertz CT molecular complexity index is 700. The minimum atomic E-state index is -1.51. The molecule has 1 aliphatic heterocycles. The summed E-state index contributed by atoms with van der Waals surface area (Å²) in [4.78, 5) is 47.6. The first-order valence-electron chi connectivity index (χ1n) is 6.60. The van der Waals surface area contributed by atoms with E-state index in [2.05, 4.69) is 30.6 Å². The van der Waals surface area contributed by atoms with Gasteiger partial charge >= 0.3 is 5.97 Å². The number of oxime groups is 1. The molecule has 2 heterocycles. The van der Waals surface area contributed by atoms with E-state index in [1.54, 1.807) is 13.8 Å². The van der Waals surface area contributed by atoms with Crippen molar-refractivity contribution >= 4 is 40.0 Å². The van der Waals surface area contributed by atoms with E-state index in [9.17, 15) is 19.5 Å². The second-order valence-electron chi connectivity index (χ2n) is 5.31. The van der Waals surface area contributed by atoms with Gasteiger partial charge in [0.05, 0.1) is 11.5 Å². The number of amides is 1. The highest BCUT2D eigenvalue weighted by atomic mass is 32.1. The average Bonchev–Trinajstić information content (AvgIpc) is 3.01. The Morgan fingerprint density at radius 3 is 2.83 bits per heavy atom. The standard InChI is InChI=1S/C12H15N5O6S/c1-12(2)8(10(21)23-17-12)15-9(20)7(16-22-3-6(18)19)5-4-24-11(13)14-5/h4,8,17H,3H2,1-2H3,(H2,13,14)(H,15,20)(H,18,19)/p-1/b16-7-/t8-/m1/s1. The van der Waals surface area contributed by atoms with Gasteiger partial charge in [0.1, 0.15) is 11.7 Å². The number of nitrogens with zero attached hydrogens (tertiary/aromatic N) is 2. The van der Waals surface area contributed by atoms with Crippen LogP contribution in [0.25, 0.3) is 0 Å². The Morgan fingerprint density at radius 2 is 2.33 bits per heavy atom. The molecule has 0 bridgehead atoms. The van der Waals surface area contributed by atoms with Crippen molar-refractivity contribution in [1.29, 1.82) is 0 Å². The number of nitrogens with one attached hydrogen (secondary N) is 2. The van der Waals surface area contributed by atoms with E-state index in [0.29, 0.717) is 0 Å². The molecule has 0 radical (unpaired) electrons. The lowest BCUT2D eigenvalue weighted by Crippen LogP contribution is -2.54. The second kappa shape index (κ2) is 6.80. The van der Waals surface area contributed by atoms with Crippen molar-refractivity contribution in [3.63, 3.8) is 0 Å². The maximum atomic E-state index is 12.4. The van der Waals surface area contributed by atoms with Crippen molar-refractivity contribution in [2.45, 2.75) is 25.4 Å². The maximum Gasteiger partial charge on any atom is 0.349 e. The second-order valence-corrected chi connectivity index (χ2v) is 6.20. The summed E-state index contributed by atoms with van der Waals surface area (Å²) < 4.78 is 0. The van der Waals surface area contributed by atoms with Gasteiger partial charge in [-0.25, -0.2) is 9.78 Å². The summed E-state index contributed by atoms with van der Waals surface area (Å²) in [5, 5.41) is 17.9. The Kier molecular flexibility index (Phi) is 4.99. The van der Waals surface area contributed by atoms with E-state index >= 15 is 0 Å². The van der Waals surface area contributed by atoms with E-state index in [4.69, 9.17) is 5.73 Å². The summed E-state index contributed by atoms with van der Waals surface area (Å²) in [6, 6.07) is -0.993. The summed E-state index contributed by atoms with van der Waals surface area (Å²) in [5.74, 6) is -3.00. The SMILES string of the molecule is CC1(C)NOC(=O)[C@H]1NC(=O)/C(=N\OCC(=O)[O-])c1csc(N)n1. The van der Waals surface area contributed by atoms with Crippen molar-refractivity contribution < 1.29 is 29.2 Å². The number of anilines is 1. The highest BCUT2D eigenvalue weighted by Gasteiger charge is 2.45. The van der Waals surface area contributed by atoms with Crippen molar-refractivity contribution in [2.24, 2.45) is 5.16 Å². The Balaban J connectivity index is 2.21. The first kappa shape index (κ1) is 17.6. The smallest absolute Gasteiger partial charge is 0.349 e. The number of hydrogen-bond donors (Lipinski definition) is 3. The van der Waals surface area contributed by atoms with Crippen LogP contribution in [0.4, 0.5) is 5.13 Å². The lowest BCUT2D eigenvalue weighted by atomic mass is 9.97.